The number of nitrogens with one attached hydrogen (secondary N) is 1. The largest absolute Gasteiger partial charge is 0.591 e. The van der Waals surface area contributed by atoms with Gasteiger partial charge in [0.05, 0.1) is 6.21 Å². The molecule has 1 unspecified atom stereocenters. The molecule has 2 N–H and O–H groups in total. The number of hydrogen-bond donors (Lipinski definition) is 2. The van der Waals surface area contributed by atoms with Crippen molar-refractivity contribution >= 4 is 23.7 Å². The highest BCUT2D eigenvalue weighted by atomic mass is 32.2. The average molecular weight is 248 g/mol. The molecule has 1 atom stereocenters. The van der Waals surface area contributed by atoms with E-state index in [1.54, 1.807) is 0 Å². The third-order valence-corrected chi connectivity index (χ3v) is 3.34. The molecule has 1 amide bonds. The van der Waals surface area contributed by atoms with E-state index < -0.39 is 27.8 Å². The molecule has 92 valence electrons. The molecule has 0 radical (unpaired) electrons. The smallest absolute Gasteiger partial charge is 0.428 e. The first-order valence-electron chi connectivity index (χ1n) is 4.89. The van der Waals surface area contributed by atoms with Crippen molar-refractivity contribution in [3.63, 3.8) is 0 Å². The first-order valence-corrected chi connectivity index (χ1v) is 6.00. The summed E-state index contributed by atoms with van der Waals surface area (Å²) in [5.41, 5.74) is 1.14. The molecule has 1 aliphatic carbocycles. The second kappa shape index (κ2) is 4.60. The summed E-state index contributed by atoms with van der Waals surface area (Å²) in [5.74, 6) is 0. The average Bonchev–Trinajstić information content (AvgIpc) is 2.90. The van der Waals surface area contributed by atoms with Crippen LogP contribution in [0.15, 0.2) is 4.40 Å². The zero-order chi connectivity index (χ0) is 12.4. The summed E-state index contributed by atoms with van der Waals surface area (Å²) in [7, 11) is 0. The summed E-state index contributed by atoms with van der Waals surface area (Å²) in [4.78, 5) is 15.2. The Morgan fingerprint density at radius 3 is 2.56 bits per heavy atom. The Kier molecular flexibility index (Phi) is 3.82. The zero-order valence-electron chi connectivity index (χ0n) is 9.52. The van der Waals surface area contributed by atoms with E-state index in [9.17, 15) is 9.35 Å². The molecular weight excluding hydrogens is 232 g/mol. The van der Waals surface area contributed by atoms with Crippen LogP contribution in [0.4, 0.5) is 4.79 Å². The molecule has 0 heterocycles. The highest BCUT2D eigenvalue weighted by Crippen LogP contribution is 2.37. The molecule has 0 saturated heterocycles. The van der Waals surface area contributed by atoms with Crippen LogP contribution in [0.5, 0.6) is 0 Å². The summed E-state index contributed by atoms with van der Waals surface area (Å²) >= 11 is -1.34. The van der Waals surface area contributed by atoms with E-state index in [1.165, 1.54) is 6.21 Å². The van der Waals surface area contributed by atoms with Gasteiger partial charge in [-0.1, -0.05) is 4.40 Å². The lowest BCUT2D eigenvalue weighted by Gasteiger charge is -2.18. The molecule has 0 aromatic heterocycles. The third kappa shape index (κ3) is 3.99. The Bertz CT molecular complexity index is 296. The molecule has 16 heavy (non-hydrogen) atoms. The fourth-order valence-corrected chi connectivity index (χ4v) is 1.43. The molecule has 0 aromatic rings. The summed E-state index contributed by atoms with van der Waals surface area (Å²) in [5, 5.41) is 8.37. The topological polar surface area (TPSA) is 94.0 Å². The number of nitrogens with zero attached hydrogens (tertiary/aromatic N) is 1. The van der Waals surface area contributed by atoms with Crippen LogP contribution < -0.4 is 5.48 Å². The lowest BCUT2D eigenvalue weighted by atomic mass is 10.3. The lowest BCUT2D eigenvalue weighted by Crippen LogP contribution is -2.32. The van der Waals surface area contributed by atoms with Crippen LogP contribution >= 0.6 is 0 Å². The molecular formula is C9H16N2O4S. The molecule has 1 fully saturated rings. The zero-order valence-corrected chi connectivity index (χ0v) is 10.3. The minimum absolute atomic E-state index is 0.424. The molecule has 1 aliphatic rings. The van der Waals surface area contributed by atoms with Crippen LogP contribution in [-0.4, -0.2) is 32.3 Å². The van der Waals surface area contributed by atoms with Crippen molar-refractivity contribution in [2.75, 3.05) is 0 Å². The monoisotopic (exact) mass is 248 g/mol. The Morgan fingerprint density at radius 1 is 1.62 bits per heavy atom. The van der Waals surface area contributed by atoms with Gasteiger partial charge >= 0.3 is 6.09 Å². The maximum absolute atomic E-state index is 11.6. The first kappa shape index (κ1) is 13.3. The van der Waals surface area contributed by atoms with Gasteiger partial charge in [0, 0.05) is 0 Å². The van der Waals surface area contributed by atoms with Gasteiger partial charge < -0.3 is 9.66 Å². The van der Waals surface area contributed by atoms with Gasteiger partial charge in [-0.3, -0.25) is 4.84 Å². The van der Waals surface area contributed by atoms with Gasteiger partial charge in [0.25, 0.3) is 0 Å². The predicted octanol–water partition coefficient (Wildman–Crippen LogP) is 1.25. The van der Waals surface area contributed by atoms with Crippen molar-refractivity contribution in [2.45, 2.75) is 44.0 Å². The van der Waals surface area contributed by atoms with Crippen molar-refractivity contribution in [1.29, 1.82) is 0 Å². The molecule has 0 spiro atoms. The van der Waals surface area contributed by atoms with E-state index in [0.717, 1.165) is 0 Å². The van der Waals surface area contributed by atoms with E-state index in [1.807, 2.05) is 26.3 Å². The summed E-state index contributed by atoms with van der Waals surface area (Å²) in [6.07, 6.45) is 1.54. The van der Waals surface area contributed by atoms with Gasteiger partial charge in [0.15, 0.2) is 0 Å². The SMILES string of the molecule is CC(C)(C)[S+]([O-])N=CC1(ONC(=O)O)CC1. The number of rotatable bonds is 4. The van der Waals surface area contributed by atoms with Gasteiger partial charge in [-0.15, -0.1) is 0 Å². The number of hydrogen-bond acceptors (Lipinski definition) is 4. The first-order chi connectivity index (χ1) is 7.25. The summed E-state index contributed by atoms with van der Waals surface area (Å²) < 4.78 is 15.1. The normalized spacial score (nSPS) is 20.8. The quantitative estimate of drug-likeness (QED) is 0.445. The summed E-state index contributed by atoms with van der Waals surface area (Å²) in [6, 6.07) is 0. The minimum atomic E-state index is -1.34. The lowest BCUT2D eigenvalue weighted by molar-refractivity contribution is 0.00518. The molecule has 0 aromatic carbocycles. The maximum Gasteiger partial charge on any atom is 0.428 e. The Hall–Kier alpha value is -0.790. The molecule has 1 rings (SSSR count). The van der Waals surface area contributed by atoms with Crippen molar-refractivity contribution in [3.8, 4) is 0 Å². The van der Waals surface area contributed by atoms with Gasteiger partial charge in [0.1, 0.15) is 21.7 Å². The van der Waals surface area contributed by atoms with Crippen LogP contribution in [0.3, 0.4) is 0 Å². The maximum atomic E-state index is 11.6. The van der Waals surface area contributed by atoms with Crippen LogP contribution in [0.1, 0.15) is 33.6 Å². The molecule has 0 bridgehead atoms. The van der Waals surface area contributed by atoms with Crippen molar-refractivity contribution in [1.82, 2.24) is 5.48 Å². The number of carboxylic acid groups (broad SMARTS) is 1. The molecule has 6 nitrogen and oxygen atoms in total. The Morgan fingerprint density at radius 2 is 2.19 bits per heavy atom. The molecule has 7 heteroatoms. The third-order valence-electron chi connectivity index (χ3n) is 1.99. The highest BCUT2D eigenvalue weighted by Gasteiger charge is 2.45. The van der Waals surface area contributed by atoms with Gasteiger partial charge in [-0.2, -0.15) is 5.48 Å². The van der Waals surface area contributed by atoms with E-state index >= 15 is 0 Å². The second-order valence-electron chi connectivity index (χ2n) is 4.67. The second-order valence-corrected chi connectivity index (χ2v) is 6.60. The van der Waals surface area contributed by atoms with E-state index in [0.29, 0.717) is 12.8 Å². The summed E-state index contributed by atoms with van der Waals surface area (Å²) in [6.45, 7) is 5.45. The van der Waals surface area contributed by atoms with Crippen LogP contribution in [0.2, 0.25) is 0 Å². The standard InChI is InChI=1S/C9H16N2O4S/c1-8(2,3)16(14)10-6-9(4-5-9)15-11-7(12)13/h6,11H,4-5H2,1-3H3,(H,12,13). The van der Waals surface area contributed by atoms with Crippen molar-refractivity contribution in [2.24, 2.45) is 4.40 Å². The van der Waals surface area contributed by atoms with E-state index in [2.05, 4.69) is 4.40 Å². The van der Waals surface area contributed by atoms with E-state index in [4.69, 9.17) is 9.94 Å². The fraction of sp³-hybridized carbons (Fsp3) is 0.778. The molecule has 0 aliphatic heterocycles. The van der Waals surface area contributed by atoms with Gasteiger partial charge in [0.2, 0.25) is 0 Å². The fourth-order valence-electron chi connectivity index (χ4n) is 0.828. The Labute approximate surface area is 97.4 Å². The van der Waals surface area contributed by atoms with Gasteiger partial charge in [-0.05, 0) is 33.6 Å². The number of amides is 1. The van der Waals surface area contributed by atoms with Gasteiger partial charge in [-0.25, -0.2) is 4.79 Å². The number of hydroxylamine groups is 1. The number of carbonyl (C=O) groups is 1. The van der Waals surface area contributed by atoms with Crippen molar-refractivity contribution in [3.05, 3.63) is 0 Å². The van der Waals surface area contributed by atoms with Crippen LogP contribution in [0, 0.1) is 0 Å². The Balaban J connectivity index is 2.47. The molecule has 1 saturated carbocycles. The van der Waals surface area contributed by atoms with Crippen molar-refractivity contribution < 1.29 is 19.3 Å². The minimum Gasteiger partial charge on any atom is -0.591 e. The highest BCUT2D eigenvalue weighted by molar-refractivity contribution is 7.91. The van der Waals surface area contributed by atoms with E-state index in [-0.39, 0.29) is 0 Å². The predicted molar refractivity (Wildman–Crippen MR) is 60.6 cm³/mol. The van der Waals surface area contributed by atoms with Crippen LogP contribution in [0.25, 0.3) is 0 Å². The van der Waals surface area contributed by atoms with Crippen LogP contribution in [-0.2, 0) is 16.2 Å².